The Morgan fingerprint density at radius 1 is 1.07 bits per heavy atom. The summed E-state index contributed by atoms with van der Waals surface area (Å²) in [6, 6.07) is 12.5. The van der Waals surface area contributed by atoms with Crippen LogP contribution in [-0.2, 0) is 11.3 Å². The second kappa shape index (κ2) is 8.17. The summed E-state index contributed by atoms with van der Waals surface area (Å²) >= 11 is 0.420. The van der Waals surface area contributed by atoms with Crippen molar-refractivity contribution in [1.29, 1.82) is 0 Å². The van der Waals surface area contributed by atoms with Crippen molar-refractivity contribution in [3.05, 3.63) is 69.2 Å². The van der Waals surface area contributed by atoms with Crippen molar-refractivity contribution in [1.82, 2.24) is 9.78 Å². The number of anilines is 1. The largest absolute Gasteiger partial charge is 0.326 e. The van der Waals surface area contributed by atoms with Crippen LogP contribution in [0.25, 0.3) is 10.8 Å². The third-order valence-electron chi connectivity index (χ3n) is 3.81. The number of fused-ring (bicyclic) bond motifs is 1. The van der Waals surface area contributed by atoms with E-state index in [2.05, 4.69) is 10.4 Å². The molecule has 0 spiro atoms. The Kier molecular flexibility index (Phi) is 5.70. The van der Waals surface area contributed by atoms with Crippen molar-refractivity contribution in [2.45, 2.75) is 23.6 Å². The van der Waals surface area contributed by atoms with Crippen molar-refractivity contribution in [3.63, 3.8) is 0 Å². The molecule has 2 aromatic carbocycles. The van der Waals surface area contributed by atoms with Gasteiger partial charge < -0.3 is 5.32 Å². The number of benzene rings is 2. The fraction of sp³-hybridized carbons (Fsp3) is 0.167. The number of aromatic nitrogens is 2. The fourth-order valence-corrected chi connectivity index (χ4v) is 3.06. The van der Waals surface area contributed by atoms with Crippen LogP contribution in [-0.4, -0.2) is 21.4 Å². The SMILES string of the molecule is O=C(CCn1[nH]c(=O)c2ccccc2c1=O)Nc1ccc(SC(F)F)cc1. The lowest BCUT2D eigenvalue weighted by Crippen LogP contribution is -2.31. The molecule has 0 saturated carbocycles. The van der Waals surface area contributed by atoms with Crippen LogP contribution in [0.1, 0.15) is 6.42 Å². The number of nitrogens with one attached hydrogen (secondary N) is 2. The number of amides is 1. The van der Waals surface area contributed by atoms with Gasteiger partial charge in [-0.1, -0.05) is 23.9 Å². The van der Waals surface area contributed by atoms with Gasteiger partial charge >= 0.3 is 0 Å². The molecule has 2 N–H and O–H groups in total. The number of hydrogen-bond donors (Lipinski definition) is 2. The number of rotatable bonds is 6. The molecule has 0 aliphatic carbocycles. The lowest BCUT2D eigenvalue weighted by atomic mass is 10.2. The van der Waals surface area contributed by atoms with E-state index in [1.165, 1.54) is 24.3 Å². The summed E-state index contributed by atoms with van der Waals surface area (Å²) in [6.45, 7) is 0.00403. The normalized spacial score (nSPS) is 11.1. The Hall–Kier alpha value is -2.94. The van der Waals surface area contributed by atoms with Gasteiger partial charge in [0.25, 0.3) is 16.9 Å². The van der Waals surface area contributed by atoms with Crippen molar-refractivity contribution >= 4 is 34.1 Å². The molecule has 140 valence electrons. The molecule has 9 heteroatoms. The molecule has 3 aromatic rings. The molecular formula is C18H15F2N3O3S. The topological polar surface area (TPSA) is 84.0 Å². The van der Waals surface area contributed by atoms with Crippen LogP contribution in [0.15, 0.2) is 63.0 Å². The molecule has 0 aliphatic heterocycles. The first-order valence-electron chi connectivity index (χ1n) is 8.00. The van der Waals surface area contributed by atoms with E-state index in [9.17, 15) is 23.2 Å². The van der Waals surface area contributed by atoms with Crippen molar-refractivity contribution in [3.8, 4) is 0 Å². The maximum atomic E-state index is 12.4. The number of carbonyl (C=O) groups excluding carboxylic acids is 1. The van der Waals surface area contributed by atoms with Crippen molar-refractivity contribution < 1.29 is 13.6 Å². The monoisotopic (exact) mass is 391 g/mol. The van der Waals surface area contributed by atoms with Gasteiger partial charge in [0.2, 0.25) is 5.91 Å². The average molecular weight is 391 g/mol. The van der Waals surface area contributed by atoms with Gasteiger partial charge in [-0.3, -0.25) is 19.5 Å². The van der Waals surface area contributed by atoms with E-state index in [0.29, 0.717) is 27.7 Å². The molecule has 0 fully saturated rings. The minimum absolute atomic E-state index is 0.00403. The number of alkyl halides is 2. The van der Waals surface area contributed by atoms with Crippen LogP contribution in [0.2, 0.25) is 0 Å². The highest BCUT2D eigenvalue weighted by Gasteiger charge is 2.09. The number of thioether (sulfide) groups is 1. The third-order valence-corrected chi connectivity index (χ3v) is 4.53. The molecule has 6 nitrogen and oxygen atoms in total. The molecule has 3 rings (SSSR count). The highest BCUT2D eigenvalue weighted by molar-refractivity contribution is 7.99. The van der Waals surface area contributed by atoms with E-state index in [4.69, 9.17) is 0 Å². The maximum Gasteiger partial charge on any atom is 0.288 e. The second-order valence-electron chi connectivity index (χ2n) is 5.64. The van der Waals surface area contributed by atoms with Gasteiger partial charge in [0.1, 0.15) is 0 Å². The summed E-state index contributed by atoms with van der Waals surface area (Å²) in [6.07, 6.45) is -0.0400. The minimum atomic E-state index is -2.51. The number of H-pyrrole nitrogens is 1. The van der Waals surface area contributed by atoms with E-state index in [1.54, 1.807) is 24.3 Å². The Labute approximate surface area is 156 Å². The Morgan fingerprint density at radius 2 is 1.74 bits per heavy atom. The number of carbonyl (C=O) groups is 1. The molecule has 0 saturated heterocycles. The number of aryl methyl sites for hydroxylation is 1. The molecule has 0 aliphatic rings. The van der Waals surface area contributed by atoms with Crippen molar-refractivity contribution in [2.24, 2.45) is 0 Å². The van der Waals surface area contributed by atoms with Crippen LogP contribution < -0.4 is 16.4 Å². The van der Waals surface area contributed by atoms with Gasteiger partial charge in [0.05, 0.1) is 17.3 Å². The molecule has 0 radical (unpaired) electrons. The summed E-state index contributed by atoms with van der Waals surface area (Å²) in [4.78, 5) is 36.9. The fourth-order valence-electron chi connectivity index (χ4n) is 2.56. The zero-order valence-corrected chi connectivity index (χ0v) is 14.8. The van der Waals surface area contributed by atoms with E-state index in [0.717, 1.165) is 4.68 Å². The Balaban J connectivity index is 1.66. The maximum absolute atomic E-state index is 12.4. The molecule has 1 aromatic heterocycles. The number of halogens is 2. The standard InChI is InChI=1S/C18H15F2N3O3S/c19-18(20)27-12-7-5-11(6-8-12)21-15(24)9-10-23-17(26)14-4-2-1-3-13(14)16(25)22-23/h1-8,18H,9-10H2,(H,21,24)(H,22,25). The lowest BCUT2D eigenvalue weighted by Gasteiger charge is -2.08. The number of nitrogens with zero attached hydrogens (tertiary/aromatic N) is 1. The van der Waals surface area contributed by atoms with Crippen LogP contribution >= 0.6 is 11.8 Å². The highest BCUT2D eigenvalue weighted by atomic mass is 32.2. The number of hydrogen-bond acceptors (Lipinski definition) is 4. The highest BCUT2D eigenvalue weighted by Crippen LogP contribution is 2.26. The average Bonchev–Trinajstić information content (AvgIpc) is 2.65. The number of aromatic amines is 1. The summed E-state index contributed by atoms with van der Waals surface area (Å²) in [5.41, 5.74) is -0.331. The van der Waals surface area contributed by atoms with E-state index >= 15 is 0 Å². The van der Waals surface area contributed by atoms with Gasteiger partial charge in [0, 0.05) is 17.0 Å². The first kappa shape index (κ1) is 18.8. The quantitative estimate of drug-likeness (QED) is 0.633. The van der Waals surface area contributed by atoms with Gasteiger partial charge in [-0.2, -0.15) is 8.78 Å². The molecule has 1 amide bonds. The Bertz CT molecular complexity index is 1080. The van der Waals surface area contributed by atoms with Gasteiger partial charge in [-0.05, 0) is 36.4 Å². The van der Waals surface area contributed by atoms with Crippen LogP contribution in [0.4, 0.5) is 14.5 Å². The predicted octanol–water partition coefficient (Wildman–Crippen LogP) is 3.03. The summed E-state index contributed by atoms with van der Waals surface area (Å²) in [5, 5.41) is 5.66. The summed E-state index contributed by atoms with van der Waals surface area (Å²) in [7, 11) is 0. The minimum Gasteiger partial charge on any atom is -0.326 e. The Morgan fingerprint density at radius 3 is 2.41 bits per heavy atom. The lowest BCUT2D eigenvalue weighted by molar-refractivity contribution is -0.116. The summed E-state index contributed by atoms with van der Waals surface area (Å²) in [5.74, 6) is -2.88. The smallest absolute Gasteiger partial charge is 0.288 e. The predicted molar refractivity (Wildman–Crippen MR) is 100 cm³/mol. The zero-order chi connectivity index (χ0) is 19.4. The van der Waals surface area contributed by atoms with Crippen LogP contribution in [0.5, 0.6) is 0 Å². The third kappa shape index (κ3) is 4.62. The molecule has 0 unspecified atom stereocenters. The van der Waals surface area contributed by atoms with Crippen molar-refractivity contribution in [2.75, 3.05) is 5.32 Å². The molecule has 27 heavy (non-hydrogen) atoms. The van der Waals surface area contributed by atoms with E-state index in [1.807, 2.05) is 0 Å². The van der Waals surface area contributed by atoms with E-state index < -0.39 is 11.3 Å². The first-order chi connectivity index (χ1) is 12.9. The van der Waals surface area contributed by atoms with Crippen LogP contribution in [0, 0.1) is 0 Å². The molecule has 0 atom stereocenters. The summed E-state index contributed by atoms with van der Waals surface area (Å²) < 4.78 is 25.7. The van der Waals surface area contributed by atoms with Gasteiger partial charge in [0.15, 0.2) is 0 Å². The van der Waals surface area contributed by atoms with E-state index in [-0.39, 0.29) is 29.8 Å². The molecular weight excluding hydrogens is 376 g/mol. The molecule has 0 bridgehead atoms. The molecule has 1 heterocycles. The van der Waals surface area contributed by atoms with Gasteiger partial charge in [-0.15, -0.1) is 0 Å². The first-order valence-corrected chi connectivity index (χ1v) is 8.88. The van der Waals surface area contributed by atoms with Crippen LogP contribution in [0.3, 0.4) is 0 Å². The zero-order valence-electron chi connectivity index (χ0n) is 13.9. The second-order valence-corrected chi connectivity index (χ2v) is 6.71. The van der Waals surface area contributed by atoms with Gasteiger partial charge in [-0.25, -0.2) is 4.68 Å².